The second-order valence-electron chi connectivity index (χ2n) is 8.41. The van der Waals surface area contributed by atoms with Crippen LogP contribution in [0.1, 0.15) is 31.4 Å². The van der Waals surface area contributed by atoms with Crippen molar-refractivity contribution in [3.63, 3.8) is 0 Å². The summed E-state index contributed by atoms with van der Waals surface area (Å²) in [6.45, 7) is 4.07. The number of nitrogens with zero attached hydrogens (tertiary/aromatic N) is 1. The topological polar surface area (TPSA) is 58.6 Å². The lowest BCUT2D eigenvalue weighted by Gasteiger charge is -2.32. The summed E-state index contributed by atoms with van der Waals surface area (Å²) in [6.07, 6.45) is 1.19. The molecule has 7 heteroatoms. The number of nitrogens with one attached hydrogen (secondary N) is 1. The minimum absolute atomic E-state index is 0.00343. The third-order valence-electron chi connectivity index (χ3n) is 5.71. The molecule has 5 nitrogen and oxygen atoms in total. The lowest BCUT2D eigenvalue weighted by molar-refractivity contribution is -0.143. The van der Waals surface area contributed by atoms with E-state index in [1.807, 2.05) is 80.6 Å². The number of carbonyl (C=O) groups is 2. The maximum atomic E-state index is 13.5. The molecule has 0 aliphatic rings. The Morgan fingerprint density at radius 3 is 2.26 bits per heavy atom. The molecule has 0 radical (unpaired) electrons. The molecule has 3 rings (SSSR count). The highest BCUT2D eigenvalue weighted by atomic mass is 127. The Morgan fingerprint density at radius 2 is 1.63 bits per heavy atom. The number of hydrogen-bond donors (Lipinski definition) is 1. The first-order chi connectivity index (χ1) is 16.9. The molecule has 0 spiro atoms. The van der Waals surface area contributed by atoms with Crippen LogP contribution in [-0.2, 0) is 22.6 Å². The van der Waals surface area contributed by atoms with Crippen molar-refractivity contribution >= 4 is 46.0 Å². The highest BCUT2D eigenvalue weighted by Crippen LogP contribution is 2.18. The fourth-order valence-electron chi connectivity index (χ4n) is 3.54. The molecule has 0 fully saturated rings. The molecule has 2 amide bonds. The number of amides is 2. The first kappa shape index (κ1) is 27.0. The summed E-state index contributed by atoms with van der Waals surface area (Å²) in [7, 11) is 0. The molecule has 184 valence electrons. The van der Waals surface area contributed by atoms with Crippen LogP contribution < -0.4 is 10.1 Å². The number of halogens is 2. The number of carbonyl (C=O) groups excluding carboxylic acids is 2. The minimum Gasteiger partial charge on any atom is -0.484 e. The van der Waals surface area contributed by atoms with Gasteiger partial charge in [-0.15, -0.1) is 0 Å². The molecule has 0 aliphatic heterocycles. The van der Waals surface area contributed by atoms with Gasteiger partial charge in [0.1, 0.15) is 11.8 Å². The van der Waals surface area contributed by atoms with Crippen LogP contribution in [0.3, 0.4) is 0 Å². The van der Waals surface area contributed by atoms with Crippen molar-refractivity contribution < 1.29 is 14.3 Å². The van der Waals surface area contributed by atoms with Crippen molar-refractivity contribution in [2.24, 2.45) is 0 Å². The minimum atomic E-state index is -0.699. The van der Waals surface area contributed by atoms with E-state index in [-0.39, 0.29) is 31.0 Å². The standard InChI is InChI=1S/C28H30ClIN2O3/c1-3-20(2)31-28(34)26(17-21-7-5-4-6-8-21)32(18-22-9-11-23(29)12-10-22)27(33)19-35-25-15-13-24(30)14-16-25/h4-16,20,26H,3,17-19H2,1-2H3,(H,31,34)/t20-,26+/m1/s1. The van der Waals surface area contributed by atoms with Crippen LogP contribution in [0, 0.1) is 3.57 Å². The van der Waals surface area contributed by atoms with Gasteiger partial charge in [0.15, 0.2) is 6.61 Å². The molecule has 0 bridgehead atoms. The Bertz CT molecular complexity index is 1090. The van der Waals surface area contributed by atoms with Crippen molar-refractivity contribution in [1.29, 1.82) is 0 Å². The first-order valence-electron chi connectivity index (χ1n) is 11.6. The quantitative estimate of drug-likeness (QED) is 0.278. The van der Waals surface area contributed by atoms with Gasteiger partial charge in [0.05, 0.1) is 0 Å². The Morgan fingerprint density at radius 1 is 0.971 bits per heavy atom. The van der Waals surface area contributed by atoms with Gasteiger partial charge in [-0.3, -0.25) is 9.59 Å². The Hall–Kier alpha value is -2.58. The largest absolute Gasteiger partial charge is 0.484 e. The van der Waals surface area contributed by atoms with Crippen LogP contribution in [0.4, 0.5) is 0 Å². The van der Waals surface area contributed by atoms with Crippen LogP contribution in [0.5, 0.6) is 5.75 Å². The van der Waals surface area contributed by atoms with Crippen molar-refractivity contribution in [3.8, 4) is 5.75 Å². The highest BCUT2D eigenvalue weighted by molar-refractivity contribution is 14.1. The van der Waals surface area contributed by atoms with E-state index in [1.165, 1.54) is 0 Å². The summed E-state index contributed by atoms with van der Waals surface area (Å²) in [5, 5.41) is 3.68. The summed E-state index contributed by atoms with van der Waals surface area (Å²) >= 11 is 8.29. The van der Waals surface area contributed by atoms with Gasteiger partial charge < -0.3 is 15.0 Å². The molecular formula is C28H30ClIN2O3. The fraction of sp³-hybridized carbons (Fsp3) is 0.286. The first-order valence-corrected chi connectivity index (χ1v) is 13.1. The summed E-state index contributed by atoms with van der Waals surface area (Å²) in [6, 6.07) is 23.8. The molecule has 2 atom stereocenters. The number of ether oxygens (including phenoxy) is 1. The fourth-order valence-corrected chi connectivity index (χ4v) is 4.03. The van der Waals surface area contributed by atoms with Gasteiger partial charge in [-0.2, -0.15) is 0 Å². The molecule has 0 saturated heterocycles. The summed E-state index contributed by atoms with van der Waals surface area (Å²) < 4.78 is 6.87. The molecule has 0 aromatic heterocycles. The average Bonchev–Trinajstić information content (AvgIpc) is 2.87. The zero-order valence-electron chi connectivity index (χ0n) is 19.9. The van der Waals surface area contributed by atoms with Crippen molar-refractivity contribution in [2.45, 2.75) is 45.3 Å². The second-order valence-corrected chi connectivity index (χ2v) is 10.1. The molecule has 0 saturated carbocycles. The summed E-state index contributed by atoms with van der Waals surface area (Å²) in [5.41, 5.74) is 1.86. The van der Waals surface area contributed by atoms with Crippen LogP contribution in [0.15, 0.2) is 78.9 Å². The Balaban J connectivity index is 1.89. The predicted octanol–water partition coefficient (Wildman–Crippen LogP) is 5.88. The van der Waals surface area contributed by atoms with Gasteiger partial charge in [0.2, 0.25) is 5.91 Å². The SMILES string of the molecule is CC[C@@H](C)NC(=O)[C@H](Cc1ccccc1)N(Cc1ccc(Cl)cc1)C(=O)COc1ccc(I)cc1. The van der Waals surface area contributed by atoms with Crippen molar-refractivity contribution in [2.75, 3.05) is 6.61 Å². The number of hydrogen-bond acceptors (Lipinski definition) is 3. The molecule has 3 aromatic rings. The van der Waals surface area contributed by atoms with E-state index >= 15 is 0 Å². The van der Waals surface area contributed by atoms with Gasteiger partial charge in [0, 0.05) is 27.6 Å². The Kier molecular flexibility index (Phi) is 10.4. The van der Waals surface area contributed by atoms with Crippen LogP contribution in [0.2, 0.25) is 5.02 Å². The van der Waals surface area contributed by atoms with E-state index in [2.05, 4.69) is 27.9 Å². The van der Waals surface area contributed by atoms with E-state index in [0.717, 1.165) is 21.1 Å². The monoisotopic (exact) mass is 604 g/mol. The molecular weight excluding hydrogens is 575 g/mol. The zero-order chi connectivity index (χ0) is 25.2. The van der Waals surface area contributed by atoms with E-state index in [1.54, 1.807) is 17.0 Å². The summed E-state index contributed by atoms with van der Waals surface area (Å²) in [4.78, 5) is 28.6. The van der Waals surface area contributed by atoms with Crippen molar-refractivity contribution in [1.82, 2.24) is 10.2 Å². The number of rotatable bonds is 11. The van der Waals surface area contributed by atoms with E-state index < -0.39 is 6.04 Å². The molecule has 0 unspecified atom stereocenters. The molecule has 0 aliphatic carbocycles. The molecule has 35 heavy (non-hydrogen) atoms. The normalized spacial score (nSPS) is 12.5. The molecule has 0 heterocycles. The lowest BCUT2D eigenvalue weighted by Crippen LogP contribution is -2.53. The smallest absolute Gasteiger partial charge is 0.261 e. The third kappa shape index (κ3) is 8.54. The van der Waals surface area contributed by atoms with Gasteiger partial charge >= 0.3 is 0 Å². The van der Waals surface area contributed by atoms with Crippen molar-refractivity contribution in [3.05, 3.63) is 98.6 Å². The zero-order valence-corrected chi connectivity index (χ0v) is 22.8. The third-order valence-corrected chi connectivity index (χ3v) is 6.69. The molecule has 3 aromatic carbocycles. The van der Waals surface area contributed by atoms with Gasteiger partial charge in [0.25, 0.3) is 5.91 Å². The van der Waals surface area contributed by atoms with E-state index in [4.69, 9.17) is 16.3 Å². The van der Waals surface area contributed by atoms with Gasteiger partial charge in [-0.05, 0) is 83.5 Å². The second kappa shape index (κ2) is 13.5. The van der Waals surface area contributed by atoms with Gasteiger partial charge in [-0.25, -0.2) is 0 Å². The van der Waals surface area contributed by atoms with Crippen LogP contribution >= 0.6 is 34.2 Å². The maximum absolute atomic E-state index is 13.5. The maximum Gasteiger partial charge on any atom is 0.261 e. The van der Waals surface area contributed by atoms with Crippen LogP contribution in [-0.4, -0.2) is 35.4 Å². The average molecular weight is 605 g/mol. The lowest BCUT2D eigenvalue weighted by atomic mass is 10.0. The van der Waals surface area contributed by atoms with E-state index in [9.17, 15) is 9.59 Å². The highest BCUT2D eigenvalue weighted by Gasteiger charge is 2.31. The van der Waals surface area contributed by atoms with Crippen LogP contribution in [0.25, 0.3) is 0 Å². The van der Waals surface area contributed by atoms with E-state index in [0.29, 0.717) is 17.2 Å². The number of benzene rings is 3. The van der Waals surface area contributed by atoms with Gasteiger partial charge in [-0.1, -0.05) is 61.0 Å². The Labute approximate surface area is 226 Å². The molecule has 1 N–H and O–H groups in total. The summed E-state index contributed by atoms with van der Waals surface area (Å²) in [5.74, 6) is 0.160. The predicted molar refractivity (Wildman–Crippen MR) is 148 cm³/mol.